The van der Waals surface area contributed by atoms with Crippen molar-refractivity contribution >= 4 is 22.6 Å². The number of ether oxygens (including phenoxy) is 1. The summed E-state index contributed by atoms with van der Waals surface area (Å²) in [6, 6.07) is 13.4. The Morgan fingerprint density at radius 2 is 2.04 bits per heavy atom. The molecular weight excluding hydrogens is 302 g/mol. The number of aromatic nitrogens is 2. The van der Waals surface area contributed by atoms with Gasteiger partial charge in [-0.3, -0.25) is 4.79 Å². The van der Waals surface area contributed by atoms with Gasteiger partial charge in [-0.1, -0.05) is 18.2 Å². The van der Waals surface area contributed by atoms with Crippen molar-refractivity contribution in [2.24, 2.45) is 7.05 Å². The Morgan fingerprint density at radius 3 is 2.83 bits per heavy atom. The lowest BCUT2D eigenvalue weighted by molar-refractivity contribution is -0.115. The maximum absolute atomic E-state index is 12.4. The van der Waals surface area contributed by atoms with Gasteiger partial charge in [-0.05, 0) is 43.7 Å². The van der Waals surface area contributed by atoms with Crippen molar-refractivity contribution in [2.75, 3.05) is 11.9 Å². The molecule has 0 bridgehead atoms. The summed E-state index contributed by atoms with van der Waals surface area (Å²) in [4.78, 5) is 16.9. The fraction of sp³-hybridized carbons (Fsp3) is 0.263. The number of imidazole rings is 1. The lowest BCUT2D eigenvalue weighted by Crippen LogP contribution is -2.15. The van der Waals surface area contributed by atoms with Crippen LogP contribution >= 0.6 is 0 Å². The topological polar surface area (TPSA) is 56.1 Å². The Hall–Kier alpha value is -2.82. The molecule has 0 saturated carbocycles. The number of fused-ring (bicyclic) bond motifs is 1. The van der Waals surface area contributed by atoms with Gasteiger partial charge in [0.1, 0.15) is 11.6 Å². The van der Waals surface area contributed by atoms with Crippen molar-refractivity contribution in [3.63, 3.8) is 0 Å². The first-order valence-electron chi connectivity index (χ1n) is 8.02. The van der Waals surface area contributed by atoms with Crippen LogP contribution in [-0.4, -0.2) is 22.1 Å². The number of hydrogen-bond acceptors (Lipinski definition) is 3. The molecule has 3 aromatic rings. The van der Waals surface area contributed by atoms with Gasteiger partial charge in [0.2, 0.25) is 5.91 Å². The molecule has 0 aliphatic rings. The molecular formula is C19H21N3O2. The minimum absolute atomic E-state index is 0.0749. The standard InChI is InChI=1S/C19H21N3O2/c1-4-24-18-8-6-5-7-15(18)21-19(23)12-14-9-10-17-16(11-14)20-13(2)22(17)3/h5-11H,4,12H2,1-3H3,(H,21,23). The Labute approximate surface area is 141 Å². The van der Waals surface area contributed by atoms with Crippen LogP contribution < -0.4 is 10.1 Å². The summed E-state index contributed by atoms with van der Waals surface area (Å²) in [5.41, 5.74) is 3.61. The van der Waals surface area contributed by atoms with Gasteiger partial charge in [-0.15, -0.1) is 0 Å². The third-order valence-corrected chi connectivity index (χ3v) is 3.99. The first-order valence-corrected chi connectivity index (χ1v) is 8.02. The zero-order chi connectivity index (χ0) is 17.1. The minimum atomic E-state index is -0.0749. The molecule has 1 amide bonds. The predicted octanol–water partition coefficient (Wildman–Crippen LogP) is 3.46. The molecule has 124 valence electrons. The van der Waals surface area contributed by atoms with E-state index in [4.69, 9.17) is 4.74 Å². The number of nitrogens with zero attached hydrogens (tertiary/aromatic N) is 2. The van der Waals surface area contributed by atoms with Gasteiger partial charge in [-0.2, -0.15) is 0 Å². The van der Waals surface area contributed by atoms with Crippen LogP contribution in [0, 0.1) is 6.92 Å². The van der Waals surface area contributed by atoms with Crippen LogP contribution in [0.1, 0.15) is 18.3 Å². The molecule has 2 aromatic carbocycles. The van der Waals surface area contributed by atoms with Crippen molar-refractivity contribution in [2.45, 2.75) is 20.3 Å². The number of carbonyl (C=O) groups excluding carboxylic acids is 1. The summed E-state index contributed by atoms with van der Waals surface area (Å²) in [6.07, 6.45) is 0.298. The first-order chi connectivity index (χ1) is 11.6. The van der Waals surface area contributed by atoms with E-state index in [2.05, 4.69) is 10.3 Å². The SMILES string of the molecule is CCOc1ccccc1NC(=O)Cc1ccc2c(c1)nc(C)n2C. The van der Waals surface area contributed by atoms with E-state index in [1.165, 1.54) is 0 Å². The maximum Gasteiger partial charge on any atom is 0.228 e. The second kappa shape index (κ2) is 6.74. The number of rotatable bonds is 5. The molecule has 0 fully saturated rings. The molecule has 0 saturated heterocycles. The van der Waals surface area contributed by atoms with Crippen LogP contribution in [0.3, 0.4) is 0 Å². The number of anilines is 1. The summed E-state index contributed by atoms with van der Waals surface area (Å²) < 4.78 is 7.57. The van der Waals surface area contributed by atoms with Crippen LogP contribution in [0.2, 0.25) is 0 Å². The molecule has 1 aromatic heterocycles. The van der Waals surface area contributed by atoms with Crippen molar-refractivity contribution in [1.29, 1.82) is 0 Å². The second-order valence-corrected chi connectivity index (χ2v) is 5.70. The molecule has 3 rings (SSSR count). The third-order valence-electron chi connectivity index (χ3n) is 3.99. The molecule has 0 atom stereocenters. The van der Waals surface area contributed by atoms with Crippen LogP contribution in [0.5, 0.6) is 5.75 Å². The molecule has 0 unspecified atom stereocenters. The zero-order valence-corrected chi connectivity index (χ0v) is 14.2. The molecule has 1 N–H and O–H groups in total. The highest BCUT2D eigenvalue weighted by atomic mass is 16.5. The summed E-state index contributed by atoms with van der Waals surface area (Å²) in [5, 5.41) is 2.92. The Balaban J connectivity index is 1.75. The van der Waals surface area contributed by atoms with Crippen molar-refractivity contribution < 1.29 is 9.53 Å². The van der Waals surface area contributed by atoms with Gasteiger partial charge in [0, 0.05) is 7.05 Å². The quantitative estimate of drug-likeness (QED) is 0.782. The van der Waals surface area contributed by atoms with Crippen molar-refractivity contribution in [1.82, 2.24) is 9.55 Å². The fourth-order valence-corrected chi connectivity index (χ4v) is 2.71. The van der Waals surface area contributed by atoms with E-state index in [9.17, 15) is 4.79 Å². The van der Waals surface area contributed by atoms with E-state index in [0.29, 0.717) is 24.5 Å². The van der Waals surface area contributed by atoms with Crippen molar-refractivity contribution in [3.8, 4) is 5.75 Å². The number of benzene rings is 2. The van der Waals surface area contributed by atoms with E-state index >= 15 is 0 Å². The third kappa shape index (κ3) is 3.25. The predicted molar refractivity (Wildman–Crippen MR) is 95.4 cm³/mol. The zero-order valence-electron chi connectivity index (χ0n) is 14.2. The summed E-state index contributed by atoms with van der Waals surface area (Å²) in [7, 11) is 1.99. The van der Waals surface area contributed by atoms with Crippen LogP contribution in [0.4, 0.5) is 5.69 Å². The average Bonchev–Trinajstić information content (AvgIpc) is 2.83. The summed E-state index contributed by atoms with van der Waals surface area (Å²) >= 11 is 0. The Morgan fingerprint density at radius 1 is 1.25 bits per heavy atom. The molecule has 0 aliphatic carbocycles. The van der Waals surface area contributed by atoms with Crippen molar-refractivity contribution in [3.05, 3.63) is 53.9 Å². The smallest absolute Gasteiger partial charge is 0.228 e. The number of nitrogens with one attached hydrogen (secondary N) is 1. The molecule has 0 aliphatic heterocycles. The molecule has 5 nitrogen and oxygen atoms in total. The largest absolute Gasteiger partial charge is 0.492 e. The van der Waals surface area contributed by atoms with Gasteiger partial charge < -0.3 is 14.6 Å². The first kappa shape index (κ1) is 16.1. The fourth-order valence-electron chi connectivity index (χ4n) is 2.71. The van der Waals surface area contributed by atoms with E-state index in [-0.39, 0.29) is 5.91 Å². The molecule has 1 heterocycles. The number of hydrogen-bond donors (Lipinski definition) is 1. The molecule has 0 radical (unpaired) electrons. The van der Waals surface area contributed by atoms with E-state index in [1.807, 2.05) is 67.9 Å². The van der Waals surface area contributed by atoms with E-state index in [0.717, 1.165) is 22.4 Å². The summed E-state index contributed by atoms with van der Waals surface area (Å²) in [5.74, 6) is 1.57. The normalized spacial score (nSPS) is 10.8. The Bertz CT molecular complexity index is 883. The molecule has 0 spiro atoms. The number of carbonyl (C=O) groups is 1. The summed E-state index contributed by atoms with van der Waals surface area (Å²) in [6.45, 7) is 4.45. The number of aryl methyl sites for hydroxylation is 2. The molecule has 5 heteroatoms. The van der Waals surface area contributed by atoms with Gasteiger partial charge in [0.05, 0.1) is 29.7 Å². The number of amides is 1. The second-order valence-electron chi connectivity index (χ2n) is 5.70. The van der Waals surface area contributed by atoms with Gasteiger partial charge in [0.15, 0.2) is 0 Å². The maximum atomic E-state index is 12.4. The van der Waals surface area contributed by atoms with Gasteiger partial charge in [-0.25, -0.2) is 4.98 Å². The van der Waals surface area contributed by atoms with Gasteiger partial charge in [0.25, 0.3) is 0 Å². The molecule has 24 heavy (non-hydrogen) atoms. The highest BCUT2D eigenvalue weighted by Gasteiger charge is 2.10. The minimum Gasteiger partial charge on any atom is -0.492 e. The van der Waals surface area contributed by atoms with Gasteiger partial charge >= 0.3 is 0 Å². The van der Waals surface area contributed by atoms with E-state index in [1.54, 1.807) is 0 Å². The monoisotopic (exact) mass is 323 g/mol. The lowest BCUT2D eigenvalue weighted by atomic mass is 10.1. The average molecular weight is 323 g/mol. The highest BCUT2D eigenvalue weighted by Crippen LogP contribution is 2.24. The Kier molecular flexibility index (Phi) is 4.51. The lowest BCUT2D eigenvalue weighted by Gasteiger charge is -2.11. The highest BCUT2D eigenvalue weighted by molar-refractivity contribution is 5.94. The van der Waals surface area contributed by atoms with Crippen LogP contribution in [-0.2, 0) is 18.3 Å². The van der Waals surface area contributed by atoms with Crippen LogP contribution in [0.15, 0.2) is 42.5 Å². The van der Waals surface area contributed by atoms with Crippen LogP contribution in [0.25, 0.3) is 11.0 Å². The van der Waals surface area contributed by atoms with E-state index < -0.39 is 0 Å². The number of para-hydroxylation sites is 2.